The molecule has 4 atom stereocenters. The van der Waals surface area contributed by atoms with E-state index in [0.717, 1.165) is 51.4 Å². The average Bonchev–Trinajstić information content (AvgIpc) is 3.10. The Morgan fingerprint density at radius 3 is 1.57 bits per heavy atom. The maximum absolute atomic E-state index is 12.8. The van der Waals surface area contributed by atoms with Gasteiger partial charge in [-0.05, 0) is 44.9 Å². The second kappa shape index (κ2) is 37.3. The molecule has 51 heavy (non-hydrogen) atoms. The van der Waals surface area contributed by atoms with Gasteiger partial charge in [0.1, 0.15) is 0 Å². The Labute approximate surface area is 313 Å². The van der Waals surface area contributed by atoms with Crippen molar-refractivity contribution in [3.63, 3.8) is 0 Å². The van der Waals surface area contributed by atoms with Crippen LogP contribution in [0.1, 0.15) is 194 Å². The van der Waals surface area contributed by atoms with E-state index in [2.05, 4.69) is 31.3 Å². The van der Waals surface area contributed by atoms with Gasteiger partial charge in [-0.1, -0.05) is 167 Å². The molecule has 0 rings (SSSR count). The molecular weight excluding hydrogens is 663 g/mol. The number of nitrogens with two attached hydrogens (primary N) is 1. The van der Waals surface area contributed by atoms with Crippen molar-refractivity contribution in [3.05, 3.63) is 24.3 Å². The van der Waals surface area contributed by atoms with Crippen molar-refractivity contribution in [2.24, 2.45) is 5.73 Å². The first-order valence-corrected chi connectivity index (χ1v) is 22.5. The van der Waals surface area contributed by atoms with Crippen molar-refractivity contribution >= 4 is 13.7 Å². The predicted molar refractivity (Wildman–Crippen MR) is 214 cm³/mol. The first kappa shape index (κ1) is 49.9. The Morgan fingerprint density at radius 2 is 1.10 bits per heavy atom. The second-order valence-electron chi connectivity index (χ2n) is 14.4. The van der Waals surface area contributed by atoms with Crippen molar-refractivity contribution in [1.29, 1.82) is 0 Å². The molecule has 0 saturated carbocycles. The average molecular weight is 745 g/mol. The van der Waals surface area contributed by atoms with Crippen LogP contribution in [0.3, 0.4) is 0 Å². The highest BCUT2D eigenvalue weighted by atomic mass is 31.2. The van der Waals surface area contributed by atoms with Gasteiger partial charge in [-0.25, -0.2) is 4.57 Å². The summed E-state index contributed by atoms with van der Waals surface area (Å²) in [6, 6.07) is -0.984. The SMILES string of the molecule is CCCCCCCCCCC/C=C\CCCCCC(O)CC(=O)NC(COP(=O)(O)OCCN)C(O)/C=C/CCCCCCCCCCCCC. The summed E-state index contributed by atoms with van der Waals surface area (Å²) in [4.78, 5) is 22.7. The smallest absolute Gasteiger partial charge is 0.393 e. The highest BCUT2D eigenvalue weighted by Gasteiger charge is 2.27. The van der Waals surface area contributed by atoms with E-state index >= 15 is 0 Å². The molecule has 4 unspecified atom stereocenters. The van der Waals surface area contributed by atoms with Gasteiger partial charge < -0.3 is 26.2 Å². The number of phosphoric acid groups is 1. The Bertz CT molecular complexity index is 873. The van der Waals surface area contributed by atoms with Crippen LogP contribution in [-0.4, -0.2) is 59.0 Å². The molecule has 1 amide bonds. The zero-order valence-electron chi connectivity index (χ0n) is 33.0. The number of aliphatic hydroxyl groups excluding tert-OH is 2. The number of rotatable bonds is 39. The van der Waals surface area contributed by atoms with Crippen molar-refractivity contribution in [2.45, 2.75) is 212 Å². The van der Waals surface area contributed by atoms with Crippen LogP contribution in [0.4, 0.5) is 0 Å². The molecule has 0 saturated heterocycles. The van der Waals surface area contributed by atoms with Gasteiger partial charge in [-0.15, -0.1) is 0 Å². The van der Waals surface area contributed by atoms with Gasteiger partial charge in [0, 0.05) is 6.54 Å². The summed E-state index contributed by atoms with van der Waals surface area (Å²) < 4.78 is 22.0. The second-order valence-corrected chi connectivity index (χ2v) is 15.8. The lowest BCUT2D eigenvalue weighted by Crippen LogP contribution is -2.46. The fraction of sp³-hybridized carbons (Fsp3) is 0.878. The van der Waals surface area contributed by atoms with Gasteiger partial charge in [0.25, 0.3) is 0 Å². The quantitative estimate of drug-likeness (QED) is 0.0237. The number of carbonyl (C=O) groups excluding carboxylic acids is 1. The fourth-order valence-corrected chi connectivity index (χ4v) is 6.87. The number of hydrogen-bond acceptors (Lipinski definition) is 7. The first-order chi connectivity index (χ1) is 24.8. The number of carbonyl (C=O) groups is 1. The lowest BCUT2D eigenvalue weighted by Gasteiger charge is -2.24. The Balaban J connectivity index is 4.36. The summed E-state index contributed by atoms with van der Waals surface area (Å²) >= 11 is 0. The largest absolute Gasteiger partial charge is 0.472 e. The minimum absolute atomic E-state index is 0.0481. The van der Waals surface area contributed by atoms with Crippen molar-refractivity contribution in [2.75, 3.05) is 19.8 Å². The number of hydrogen-bond donors (Lipinski definition) is 5. The lowest BCUT2D eigenvalue weighted by atomic mass is 10.0. The summed E-state index contributed by atoms with van der Waals surface area (Å²) in [5, 5.41) is 24.0. The highest BCUT2D eigenvalue weighted by Crippen LogP contribution is 2.43. The fourth-order valence-electron chi connectivity index (χ4n) is 6.11. The summed E-state index contributed by atoms with van der Waals surface area (Å²) in [7, 11) is -4.40. The summed E-state index contributed by atoms with van der Waals surface area (Å²) in [6.45, 7) is 3.96. The Hall–Kier alpha value is -1.06. The van der Waals surface area contributed by atoms with E-state index in [4.69, 9.17) is 14.8 Å². The normalized spacial score (nSPS) is 15.0. The van der Waals surface area contributed by atoms with E-state index < -0.39 is 38.6 Å². The van der Waals surface area contributed by atoms with Crippen LogP contribution in [-0.2, 0) is 18.4 Å². The maximum atomic E-state index is 12.8. The summed E-state index contributed by atoms with van der Waals surface area (Å²) in [5.74, 6) is -0.455. The number of allylic oxidation sites excluding steroid dienone is 3. The maximum Gasteiger partial charge on any atom is 0.472 e. The third-order valence-electron chi connectivity index (χ3n) is 9.33. The summed E-state index contributed by atoms with van der Waals surface area (Å²) in [5.41, 5.74) is 5.35. The van der Waals surface area contributed by atoms with E-state index in [9.17, 15) is 24.5 Å². The number of phosphoric ester groups is 1. The van der Waals surface area contributed by atoms with Crippen LogP contribution in [0.5, 0.6) is 0 Å². The number of unbranched alkanes of at least 4 members (excludes halogenated alkanes) is 23. The molecule has 0 aromatic rings. The van der Waals surface area contributed by atoms with Gasteiger partial charge in [0.05, 0.1) is 37.9 Å². The molecule has 0 bridgehead atoms. The number of aliphatic hydroxyl groups is 2. The Kier molecular flexibility index (Phi) is 36.5. The third kappa shape index (κ3) is 35.7. The topological polar surface area (TPSA) is 151 Å². The zero-order valence-corrected chi connectivity index (χ0v) is 33.9. The van der Waals surface area contributed by atoms with E-state index in [0.29, 0.717) is 6.42 Å². The molecule has 0 radical (unpaired) electrons. The number of amides is 1. The van der Waals surface area contributed by atoms with Crippen LogP contribution < -0.4 is 11.1 Å². The molecule has 0 aromatic carbocycles. The van der Waals surface area contributed by atoms with E-state index in [-0.39, 0.29) is 19.6 Å². The first-order valence-electron chi connectivity index (χ1n) is 21.0. The molecule has 6 N–H and O–H groups in total. The van der Waals surface area contributed by atoms with Crippen molar-refractivity contribution in [1.82, 2.24) is 5.32 Å². The van der Waals surface area contributed by atoms with Crippen molar-refractivity contribution < 1.29 is 33.5 Å². The lowest BCUT2D eigenvalue weighted by molar-refractivity contribution is -0.124. The molecule has 0 aliphatic heterocycles. The molecule has 0 spiro atoms. The molecular formula is C41H81N2O7P. The van der Waals surface area contributed by atoms with Crippen molar-refractivity contribution in [3.8, 4) is 0 Å². The molecule has 10 heteroatoms. The van der Waals surface area contributed by atoms with E-state index in [1.54, 1.807) is 6.08 Å². The monoisotopic (exact) mass is 745 g/mol. The molecule has 302 valence electrons. The summed E-state index contributed by atoms with van der Waals surface area (Å²) in [6.07, 6.45) is 38.3. The minimum atomic E-state index is -4.40. The third-order valence-corrected chi connectivity index (χ3v) is 10.3. The number of nitrogens with one attached hydrogen (secondary N) is 1. The Morgan fingerprint density at radius 1 is 0.667 bits per heavy atom. The molecule has 0 fully saturated rings. The molecule has 0 aliphatic rings. The predicted octanol–water partition coefficient (Wildman–Crippen LogP) is 10.4. The van der Waals surface area contributed by atoms with Crippen LogP contribution in [0.2, 0.25) is 0 Å². The molecule has 9 nitrogen and oxygen atoms in total. The standard InChI is InChI=1S/C41H81N2O7P/c1-3-5-7-9-11-13-15-17-18-19-21-22-24-26-28-30-32-38(44)36-41(46)43-39(37-50-51(47,48)49-35-34-42)40(45)33-31-29-27-25-23-20-16-14-12-10-8-6-4-2/h21-22,31,33,38-40,44-45H,3-20,23-30,32,34-37,42H2,1-2H3,(H,43,46)(H,47,48)/b22-21-,33-31+. The van der Waals surface area contributed by atoms with Crippen LogP contribution in [0.15, 0.2) is 24.3 Å². The van der Waals surface area contributed by atoms with Crippen LogP contribution in [0, 0.1) is 0 Å². The van der Waals surface area contributed by atoms with Crippen LogP contribution >= 0.6 is 7.82 Å². The molecule has 0 aromatic heterocycles. The molecule has 0 aliphatic carbocycles. The minimum Gasteiger partial charge on any atom is -0.393 e. The van der Waals surface area contributed by atoms with Gasteiger partial charge in [-0.2, -0.15) is 0 Å². The highest BCUT2D eigenvalue weighted by molar-refractivity contribution is 7.47. The van der Waals surface area contributed by atoms with Gasteiger partial charge in [0.2, 0.25) is 5.91 Å². The molecule has 0 heterocycles. The van der Waals surface area contributed by atoms with Gasteiger partial charge in [0.15, 0.2) is 0 Å². The zero-order chi connectivity index (χ0) is 37.7. The van der Waals surface area contributed by atoms with Gasteiger partial charge in [-0.3, -0.25) is 13.8 Å². The van der Waals surface area contributed by atoms with E-state index in [1.165, 1.54) is 116 Å². The van der Waals surface area contributed by atoms with Crippen LogP contribution in [0.25, 0.3) is 0 Å². The van der Waals surface area contributed by atoms with E-state index in [1.807, 2.05) is 6.08 Å². The van der Waals surface area contributed by atoms with Gasteiger partial charge >= 0.3 is 7.82 Å².